The van der Waals surface area contributed by atoms with Crippen LogP contribution in [0.5, 0.6) is 0 Å². The molecule has 1 aromatic heterocycles. The van der Waals surface area contributed by atoms with Crippen molar-refractivity contribution in [3.05, 3.63) is 35.6 Å². The minimum Gasteiger partial charge on any atom is -0.478 e. The van der Waals surface area contributed by atoms with Crippen LogP contribution in [0.4, 0.5) is 0 Å². The monoisotopic (exact) mass is 275 g/mol. The van der Waals surface area contributed by atoms with Crippen LogP contribution in [0.2, 0.25) is 0 Å². The first-order valence-electron chi connectivity index (χ1n) is 6.79. The second-order valence-corrected chi connectivity index (χ2v) is 5.24. The first kappa shape index (κ1) is 13.1. The smallest absolute Gasteiger partial charge is 0.339 e. The third-order valence-electron chi connectivity index (χ3n) is 3.69. The third-order valence-corrected chi connectivity index (χ3v) is 3.69. The van der Waals surface area contributed by atoms with Gasteiger partial charge in [-0.3, -0.25) is 0 Å². The van der Waals surface area contributed by atoms with Crippen LogP contribution >= 0.6 is 0 Å². The van der Waals surface area contributed by atoms with E-state index < -0.39 is 5.97 Å². The fourth-order valence-electron chi connectivity index (χ4n) is 2.44. The fraction of sp³-hybridized carbons (Fsp3) is 0.400. The SMILES string of the molecule is O=C(O)c1c(CNCC(O)C2CC2)oc2ccccc12. The Hall–Kier alpha value is -1.85. The number of carboxylic acid groups (broad SMARTS) is 1. The zero-order chi connectivity index (χ0) is 14.1. The third kappa shape index (κ3) is 2.55. The Morgan fingerprint density at radius 1 is 1.40 bits per heavy atom. The number of carboxylic acids is 1. The molecule has 3 N–H and O–H groups in total. The van der Waals surface area contributed by atoms with Gasteiger partial charge in [0.15, 0.2) is 0 Å². The van der Waals surface area contributed by atoms with Gasteiger partial charge in [-0.05, 0) is 24.8 Å². The lowest BCUT2D eigenvalue weighted by molar-refractivity contribution is 0.0696. The molecule has 1 atom stereocenters. The number of aliphatic hydroxyl groups is 1. The van der Waals surface area contributed by atoms with Crippen molar-refractivity contribution in [1.29, 1.82) is 0 Å². The minimum absolute atomic E-state index is 0.203. The molecule has 1 heterocycles. The highest BCUT2D eigenvalue weighted by Gasteiger charge is 2.29. The number of rotatable bonds is 6. The number of para-hydroxylation sites is 1. The van der Waals surface area contributed by atoms with E-state index in [4.69, 9.17) is 4.42 Å². The predicted molar refractivity (Wildman–Crippen MR) is 73.6 cm³/mol. The van der Waals surface area contributed by atoms with E-state index >= 15 is 0 Å². The Balaban J connectivity index is 1.76. The zero-order valence-electron chi connectivity index (χ0n) is 11.0. The van der Waals surface area contributed by atoms with Crippen LogP contribution in [0.1, 0.15) is 29.0 Å². The zero-order valence-corrected chi connectivity index (χ0v) is 11.0. The standard InChI is InChI=1S/C15H17NO4/c17-11(9-5-6-9)7-16-8-13-14(15(18)19)10-3-1-2-4-12(10)20-13/h1-4,9,11,16-17H,5-8H2,(H,18,19). The highest BCUT2D eigenvalue weighted by molar-refractivity contribution is 6.03. The van der Waals surface area contributed by atoms with Crippen molar-refractivity contribution < 1.29 is 19.4 Å². The molecule has 1 aliphatic carbocycles. The van der Waals surface area contributed by atoms with Crippen LogP contribution < -0.4 is 5.32 Å². The average Bonchev–Trinajstić information content (AvgIpc) is 3.19. The van der Waals surface area contributed by atoms with Crippen LogP contribution in [0.3, 0.4) is 0 Å². The summed E-state index contributed by atoms with van der Waals surface area (Å²) in [5, 5.41) is 22.8. The van der Waals surface area contributed by atoms with Crippen molar-refractivity contribution in [1.82, 2.24) is 5.32 Å². The fourth-order valence-corrected chi connectivity index (χ4v) is 2.44. The number of nitrogens with one attached hydrogen (secondary N) is 1. The van der Waals surface area contributed by atoms with Gasteiger partial charge in [-0.1, -0.05) is 18.2 Å². The molecule has 0 bridgehead atoms. The van der Waals surface area contributed by atoms with E-state index in [1.54, 1.807) is 18.2 Å². The van der Waals surface area contributed by atoms with Gasteiger partial charge in [0.1, 0.15) is 16.9 Å². The summed E-state index contributed by atoms with van der Waals surface area (Å²) < 4.78 is 5.59. The van der Waals surface area contributed by atoms with Gasteiger partial charge in [0.25, 0.3) is 0 Å². The summed E-state index contributed by atoms with van der Waals surface area (Å²) in [7, 11) is 0. The Morgan fingerprint density at radius 2 is 2.15 bits per heavy atom. The van der Waals surface area contributed by atoms with Gasteiger partial charge < -0.3 is 19.9 Å². The lowest BCUT2D eigenvalue weighted by Gasteiger charge is -2.09. The quantitative estimate of drug-likeness (QED) is 0.751. The van der Waals surface area contributed by atoms with E-state index in [1.807, 2.05) is 6.07 Å². The number of carbonyl (C=O) groups is 1. The number of fused-ring (bicyclic) bond motifs is 1. The van der Waals surface area contributed by atoms with Gasteiger partial charge in [-0.15, -0.1) is 0 Å². The van der Waals surface area contributed by atoms with Crippen LogP contribution in [0, 0.1) is 5.92 Å². The van der Waals surface area contributed by atoms with E-state index in [1.165, 1.54) is 0 Å². The van der Waals surface area contributed by atoms with Crippen molar-refractivity contribution in [3.63, 3.8) is 0 Å². The maximum absolute atomic E-state index is 11.4. The molecule has 0 saturated heterocycles. The van der Waals surface area contributed by atoms with Crippen molar-refractivity contribution in [2.24, 2.45) is 5.92 Å². The summed E-state index contributed by atoms with van der Waals surface area (Å²) in [5.41, 5.74) is 0.776. The van der Waals surface area contributed by atoms with Gasteiger partial charge >= 0.3 is 5.97 Å². The minimum atomic E-state index is -0.991. The van der Waals surface area contributed by atoms with Gasteiger partial charge in [0.05, 0.1) is 12.6 Å². The Kier molecular flexibility index (Phi) is 3.46. The molecule has 5 heteroatoms. The van der Waals surface area contributed by atoms with Crippen LogP contribution in [-0.2, 0) is 6.54 Å². The first-order chi connectivity index (χ1) is 9.66. The molecule has 20 heavy (non-hydrogen) atoms. The molecule has 0 amide bonds. The van der Waals surface area contributed by atoms with E-state index in [9.17, 15) is 15.0 Å². The maximum Gasteiger partial charge on any atom is 0.339 e. The number of aromatic carboxylic acids is 1. The molecular formula is C15H17NO4. The molecule has 106 valence electrons. The second-order valence-electron chi connectivity index (χ2n) is 5.24. The number of furan rings is 1. The van der Waals surface area contributed by atoms with Gasteiger partial charge in [-0.25, -0.2) is 4.79 Å². The van der Waals surface area contributed by atoms with Gasteiger partial charge in [0.2, 0.25) is 0 Å². The molecule has 3 rings (SSSR count). The van der Waals surface area contributed by atoms with E-state index in [2.05, 4.69) is 5.32 Å². The van der Waals surface area contributed by atoms with E-state index in [0.29, 0.717) is 35.7 Å². The first-order valence-corrected chi connectivity index (χ1v) is 6.79. The largest absolute Gasteiger partial charge is 0.478 e. The Labute approximate surface area is 116 Å². The molecule has 1 saturated carbocycles. The summed E-state index contributed by atoms with van der Waals surface area (Å²) in [6, 6.07) is 7.10. The van der Waals surface area contributed by atoms with Crippen molar-refractivity contribution in [2.45, 2.75) is 25.5 Å². The van der Waals surface area contributed by atoms with Crippen molar-refractivity contribution in [2.75, 3.05) is 6.54 Å². The molecule has 0 spiro atoms. The Morgan fingerprint density at radius 3 is 2.85 bits per heavy atom. The number of aliphatic hydroxyl groups excluding tert-OH is 1. The summed E-state index contributed by atoms with van der Waals surface area (Å²) in [4.78, 5) is 11.4. The second kappa shape index (κ2) is 5.26. The lowest BCUT2D eigenvalue weighted by Crippen LogP contribution is -2.28. The molecule has 0 aliphatic heterocycles. The number of benzene rings is 1. The molecule has 2 aromatic rings. The van der Waals surface area contributed by atoms with Crippen LogP contribution in [0.25, 0.3) is 11.0 Å². The van der Waals surface area contributed by atoms with Crippen molar-refractivity contribution in [3.8, 4) is 0 Å². The molecule has 1 unspecified atom stereocenters. The summed E-state index contributed by atoms with van der Waals surface area (Å²) in [5.74, 6) is -0.187. The van der Waals surface area contributed by atoms with Crippen molar-refractivity contribution >= 4 is 16.9 Å². The molecule has 1 fully saturated rings. The number of hydrogen-bond acceptors (Lipinski definition) is 4. The maximum atomic E-state index is 11.4. The molecule has 1 aliphatic rings. The normalized spacial score (nSPS) is 16.4. The predicted octanol–water partition coefficient (Wildman–Crippen LogP) is 1.99. The highest BCUT2D eigenvalue weighted by atomic mass is 16.4. The van der Waals surface area contributed by atoms with Crippen LogP contribution in [-0.4, -0.2) is 28.8 Å². The van der Waals surface area contributed by atoms with Crippen LogP contribution in [0.15, 0.2) is 28.7 Å². The summed E-state index contributed by atoms with van der Waals surface area (Å²) >= 11 is 0. The molecule has 5 nitrogen and oxygen atoms in total. The molecule has 1 aromatic carbocycles. The van der Waals surface area contributed by atoms with E-state index in [0.717, 1.165) is 12.8 Å². The molecule has 0 radical (unpaired) electrons. The average molecular weight is 275 g/mol. The Bertz CT molecular complexity index is 630. The topological polar surface area (TPSA) is 82.7 Å². The summed E-state index contributed by atoms with van der Waals surface area (Å²) in [6.07, 6.45) is 1.80. The lowest BCUT2D eigenvalue weighted by atomic mass is 10.1. The summed E-state index contributed by atoms with van der Waals surface area (Å²) in [6.45, 7) is 0.765. The van der Waals surface area contributed by atoms with Gasteiger partial charge in [0, 0.05) is 11.9 Å². The highest BCUT2D eigenvalue weighted by Crippen LogP contribution is 2.32. The van der Waals surface area contributed by atoms with Gasteiger partial charge in [-0.2, -0.15) is 0 Å². The number of hydrogen-bond donors (Lipinski definition) is 3. The van der Waals surface area contributed by atoms with E-state index in [-0.39, 0.29) is 11.7 Å². The molecular weight excluding hydrogens is 258 g/mol.